The molecule has 1 aliphatic heterocycles. The fraction of sp³-hybridized carbons (Fsp3) is 0.381. The maximum absolute atomic E-state index is 12.7. The van der Waals surface area contributed by atoms with E-state index in [1.165, 1.54) is 10.6 Å². The molecule has 5 nitrogen and oxygen atoms in total. The topological polar surface area (TPSA) is 57.7 Å². The fourth-order valence-electron chi connectivity index (χ4n) is 3.48. The van der Waals surface area contributed by atoms with Gasteiger partial charge >= 0.3 is 0 Å². The second-order valence-electron chi connectivity index (χ2n) is 7.30. The number of carbonyl (C=O) groups excluding carboxylic acids is 1. The number of likely N-dealkylation sites (tertiary alicyclic amines) is 1. The number of rotatable bonds is 5. The molecule has 0 radical (unpaired) electrons. The molecule has 0 bridgehead atoms. The number of hydrogen-bond acceptors (Lipinski definition) is 3. The molecule has 1 aliphatic rings. The summed E-state index contributed by atoms with van der Waals surface area (Å²) in [5.41, 5.74) is 2.07. The van der Waals surface area contributed by atoms with E-state index in [4.69, 9.17) is 0 Å². The summed E-state index contributed by atoms with van der Waals surface area (Å²) >= 11 is 0. The molecule has 6 heteroatoms. The van der Waals surface area contributed by atoms with Gasteiger partial charge in [-0.2, -0.15) is 0 Å². The monoisotopic (exact) mass is 386 g/mol. The van der Waals surface area contributed by atoms with Crippen LogP contribution in [0.4, 0.5) is 5.69 Å². The Bertz CT molecular complexity index is 879. The number of piperidine rings is 1. The minimum atomic E-state index is -3.44. The van der Waals surface area contributed by atoms with Gasteiger partial charge in [-0.05, 0) is 48.6 Å². The third kappa shape index (κ3) is 4.89. The molecular formula is C21H26N2O3S. The van der Waals surface area contributed by atoms with Crippen LogP contribution < -0.4 is 4.31 Å². The van der Waals surface area contributed by atoms with E-state index in [1.54, 1.807) is 24.3 Å². The summed E-state index contributed by atoms with van der Waals surface area (Å²) in [5, 5.41) is 0. The lowest BCUT2D eigenvalue weighted by atomic mass is 9.99. The quantitative estimate of drug-likeness (QED) is 0.790. The van der Waals surface area contributed by atoms with Crippen molar-refractivity contribution < 1.29 is 13.2 Å². The fourth-order valence-corrected chi connectivity index (χ4v) is 4.36. The third-order valence-corrected chi connectivity index (χ3v) is 6.06. The van der Waals surface area contributed by atoms with Crippen molar-refractivity contribution in [1.29, 1.82) is 0 Å². The first kappa shape index (κ1) is 19.4. The molecule has 0 saturated carbocycles. The Balaban J connectivity index is 1.80. The molecule has 1 amide bonds. The number of carbonyl (C=O) groups is 1. The molecule has 0 unspecified atom stereocenters. The summed E-state index contributed by atoms with van der Waals surface area (Å²) in [5.74, 6) is 0.538. The summed E-state index contributed by atoms with van der Waals surface area (Å²) < 4.78 is 25.9. The van der Waals surface area contributed by atoms with E-state index in [9.17, 15) is 13.2 Å². The van der Waals surface area contributed by atoms with Crippen LogP contribution in [0.1, 0.15) is 35.7 Å². The first-order valence-electron chi connectivity index (χ1n) is 9.25. The van der Waals surface area contributed by atoms with Crippen LogP contribution in [0, 0.1) is 5.92 Å². The Morgan fingerprint density at radius 3 is 2.37 bits per heavy atom. The zero-order valence-corrected chi connectivity index (χ0v) is 16.7. The van der Waals surface area contributed by atoms with Crippen LogP contribution in [0.2, 0.25) is 0 Å². The minimum Gasteiger partial charge on any atom is -0.338 e. The molecule has 1 heterocycles. The SMILES string of the molecule is C[C@H]1CCCN(C(=O)c2ccc(N(Cc3ccccc3)S(C)(=O)=O)cc2)C1. The molecular weight excluding hydrogens is 360 g/mol. The number of nitrogens with zero attached hydrogens (tertiary/aromatic N) is 2. The van der Waals surface area contributed by atoms with E-state index in [1.807, 2.05) is 35.2 Å². The van der Waals surface area contributed by atoms with Crippen molar-refractivity contribution in [2.45, 2.75) is 26.3 Å². The van der Waals surface area contributed by atoms with Gasteiger partial charge in [-0.3, -0.25) is 9.10 Å². The molecule has 0 spiro atoms. The van der Waals surface area contributed by atoms with Gasteiger partial charge in [0.2, 0.25) is 10.0 Å². The van der Waals surface area contributed by atoms with Gasteiger partial charge in [-0.25, -0.2) is 8.42 Å². The molecule has 27 heavy (non-hydrogen) atoms. The standard InChI is InChI=1S/C21H26N2O3S/c1-17-7-6-14-22(15-17)21(24)19-10-12-20(13-11-19)23(27(2,25)26)16-18-8-4-3-5-9-18/h3-5,8-13,17H,6-7,14-16H2,1-2H3/t17-/m0/s1. The smallest absolute Gasteiger partial charge is 0.253 e. The highest BCUT2D eigenvalue weighted by molar-refractivity contribution is 7.92. The molecule has 1 atom stereocenters. The summed E-state index contributed by atoms with van der Waals surface area (Å²) in [6, 6.07) is 16.3. The third-order valence-electron chi connectivity index (χ3n) is 4.92. The molecule has 144 valence electrons. The van der Waals surface area contributed by atoms with Crippen molar-refractivity contribution in [1.82, 2.24) is 4.90 Å². The molecule has 2 aromatic rings. The Labute approximate surface area is 161 Å². The lowest BCUT2D eigenvalue weighted by Gasteiger charge is -2.31. The zero-order valence-electron chi connectivity index (χ0n) is 15.8. The average Bonchev–Trinajstić information content (AvgIpc) is 2.66. The van der Waals surface area contributed by atoms with Crippen molar-refractivity contribution >= 4 is 21.6 Å². The van der Waals surface area contributed by atoms with Crippen molar-refractivity contribution in [3.8, 4) is 0 Å². The van der Waals surface area contributed by atoms with Gasteiger partial charge in [0.05, 0.1) is 18.5 Å². The Kier molecular flexibility index (Phi) is 5.85. The Morgan fingerprint density at radius 2 is 1.78 bits per heavy atom. The van der Waals surface area contributed by atoms with Crippen LogP contribution in [0.5, 0.6) is 0 Å². The van der Waals surface area contributed by atoms with Crippen LogP contribution in [-0.4, -0.2) is 38.6 Å². The normalized spacial score (nSPS) is 17.6. The van der Waals surface area contributed by atoms with Crippen molar-refractivity contribution in [2.75, 3.05) is 23.7 Å². The Morgan fingerprint density at radius 1 is 1.11 bits per heavy atom. The van der Waals surface area contributed by atoms with Crippen LogP contribution in [0.25, 0.3) is 0 Å². The lowest BCUT2D eigenvalue weighted by Crippen LogP contribution is -2.39. The van der Waals surface area contributed by atoms with Crippen LogP contribution >= 0.6 is 0 Å². The first-order valence-corrected chi connectivity index (χ1v) is 11.1. The highest BCUT2D eigenvalue weighted by Crippen LogP contribution is 2.23. The number of hydrogen-bond donors (Lipinski definition) is 0. The molecule has 2 aromatic carbocycles. The van der Waals surface area contributed by atoms with Gasteiger partial charge in [0.25, 0.3) is 5.91 Å². The van der Waals surface area contributed by atoms with Gasteiger partial charge in [-0.1, -0.05) is 37.3 Å². The molecule has 3 rings (SSSR count). The maximum atomic E-state index is 12.7. The van der Waals surface area contributed by atoms with Crippen LogP contribution in [0.15, 0.2) is 54.6 Å². The van der Waals surface area contributed by atoms with E-state index in [0.29, 0.717) is 17.2 Å². The average molecular weight is 387 g/mol. The second kappa shape index (κ2) is 8.13. The molecule has 0 aliphatic carbocycles. The molecule has 0 N–H and O–H groups in total. The maximum Gasteiger partial charge on any atom is 0.253 e. The summed E-state index contributed by atoms with van der Waals surface area (Å²) in [4.78, 5) is 14.6. The van der Waals surface area contributed by atoms with Gasteiger partial charge in [-0.15, -0.1) is 0 Å². The summed E-state index contributed by atoms with van der Waals surface area (Å²) in [7, 11) is -3.44. The van der Waals surface area contributed by atoms with Gasteiger partial charge in [0.1, 0.15) is 0 Å². The van der Waals surface area contributed by atoms with E-state index < -0.39 is 10.0 Å². The van der Waals surface area contributed by atoms with E-state index in [0.717, 1.165) is 31.5 Å². The zero-order chi connectivity index (χ0) is 19.4. The minimum absolute atomic E-state index is 0.0158. The second-order valence-corrected chi connectivity index (χ2v) is 9.21. The molecule has 1 saturated heterocycles. The van der Waals surface area contributed by atoms with Crippen molar-refractivity contribution in [2.24, 2.45) is 5.92 Å². The van der Waals surface area contributed by atoms with E-state index >= 15 is 0 Å². The number of benzene rings is 2. The number of anilines is 1. The van der Waals surface area contributed by atoms with Gasteiger partial charge < -0.3 is 4.90 Å². The highest BCUT2D eigenvalue weighted by atomic mass is 32.2. The lowest BCUT2D eigenvalue weighted by molar-refractivity contribution is 0.0683. The molecule has 1 fully saturated rings. The summed E-state index contributed by atoms with van der Waals surface area (Å²) in [6.07, 6.45) is 3.39. The predicted molar refractivity (Wildman–Crippen MR) is 108 cm³/mol. The van der Waals surface area contributed by atoms with E-state index in [2.05, 4.69) is 6.92 Å². The van der Waals surface area contributed by atoms with Crippen molar-refractivity contribution in [3.05, 3.63) is 65.7 Å². The van der Waals surface area contributed by atoms with Crippen LogP contribution in [0.3, 0.4) is 0 Å². The number of amides is 1. The van der Waals surface area contributed by atoms with E-state index in [-0.39, 0.29) is 12.5 Å². The van der Waals surface area contributed by atoms with Gasteiger partial charge in [0, 0.05) is 18.7 Å². The first-order chi connectivity index (χ1) is 12.8. The largest absolute Gasteiger partial charge is 0.338 e. The predicted octanol–water partition coefficient (Wildman–Crippen LogP) is 3.52. The highest BCUT2D eigenvalue weighted by Gasteiger charge is 2.23. The number of sulfonamides is 1. The van der Waals surface area contributed by atoms with Gasteiger partial charge in [0.15, 0.2) is 0 Å². The molecule has 0 aromatic heterocycles. The summed E-state index contributed by atoms with van der Waals surface area (Å²) in [6.45, 7) is 3.99. The van der Waals surface area contributed by atoms with Crippen molar-refractivity contribution in [3.63, 3.8) is 0 Å². The Hall–Kier alpha value is -2.34. The van der Waals surface area contributed by atoms with Crippen LogP contribution in [-0.2, 0) is 16.6 Å².